The SMILES string of the molecule is CN(Cc1ccccc1)C(=O)NCC(NC(=O)c1c(Cl)cccc1Cl)C(=O)O. The lowest BCUT2D eigenvalue weighted by Gasteiger charge is -2.21. The third-order valence-corrected chi connectivity index (χ3v) is 4.49. The molecule has 2 rings (SSSR count). The van der Waals surface area contributed by atoms with Crippen molar-refractivity contribution >= 4 is 41.1 Å². The Morgan fingerprint density at radius 2 is 1.64 bits per heavy atom. The third-order valence-electron chi connectivity index (χ3n) is 3.86. The van der Waals surface area contributed by atoms with Gasteiger partial charge in [-0.15, -0.1) is 0 Å². The summed E-state index contributed by atoms with van der Waals surface area (Å²) in [5.74, 6) is -2.04. The van der Waals surface area contributed by atoms with Gasteiger partial charge in [-0.05, 0) is 17.7 Å². The van der Waals surface area contributed by atoms with Crippen molar-refractivity contribution in [3.63, 3.8) is 0 Å². The monoisotopic (exact) mass is 423 g/mol. The normalized spacial score (nSPS) is 11.4. The Kier molecular flexibility index (Phi) is 7.66. The second-order valence-electron chi connectivity index (χ2n) is 5.99. The van der Waals surface area contributed by atoms with E-state index in [-0.39, 0.29) is 22.2 Å². The molecule has 0 aliphatic rings. The molecule has 0 fully saturated rings. The molecule has 0 saturated carbocycles. The van der Waals surface area contributed by atoms with Crippen LogP contribution in [0.5, 0.6) is 0 Å². The highest BCUT2D eigenvalue weighted by Gasteiger charge is 2.24. The second-order valence-corrected chi connectivity index (χ2v) is 6.80. The smallest absolute Gasteiger partial charge is 0.328 e. The van der Waals surface area contributed by atoms with Gasteiger partial charge in [0.1, 0.15) is 6.04 Å². The minimum atomic E-state index is -1.35. The van der Waals surface area contributed by atoms with E-state index in [4.69, 9.17) is 23.2 Å². The highest BCUT2D eigenvalue weighted by molar-refractivity contribution is 6.39. The molecule has 2 aromatic rings. The van der Waals surface area contributed by atoms with Crippen LogP contribution in [0.25, 0.3) is 0 Å². The largest absolute Gasteiger partial charge is 0.480 e. The predicted octanol–water partition coefficient (Wildman–Crippen LogP) is 3.02. The molecule has 0 saturated heterocycles. The second kappa shape index (κ2) is 9.96. The fraction of sp³-hybridized carbons (Fsp3) is 0.211. The molecule has 0 aliphatic heterocycles. The lowest BCUT2D eigenvalue weighted by Crippen LogP contribution is -2.50. The van der Waals surface area contributed by atoms with Gasteiger partial charge in [0.15, 0.2) is 0 Å². The highest BCUT2D eigenvalue weighted by Crippen LogP contribution is 2.24. The van der Waals surface area contributed by atoms with Crippen molar-refractivity contribution in [3.8, 4) is 0 Å². The molecule has 0 aliphatic carbocycles. The van der Waals surface area contributed by atoms with Gasteiger partial charge < -0.3 is 20.6 Å². The summed E-state index contributed by atoms with van der Waals surface area (Å²) in [6.45, 7) is 0.0487. The van der Waals surface area contributed by atoms with Gasteiger partial charge in [-0.3, -0.25) is 4.79 Å². The number of urea groups is 1. The molecule has 0 bridgehead atoms. The van der Waals surface area contributed by atoms with Crippen LogP contribution in [0.15, 0.2) is 48.5 Å². The Bertz CT molecular complexity index is 841. The molecular weight excluding hydrogens is 405 g/mol. The van der Waals surface area contributed by atoms with Crippen LogP contribution in [-0.2, 0) is 11.3 Å². The molecule has 3 N–H and O–H groups in total. The van der Waals surface area contributed by atoms with Gasteiger partial charge >= 0.3 is 12.0 Å². The number of amides is 3. The standard InChI is InChI=1S/C19H19Cl2N3O4/c1-24(11-12-6-3-2-4-7-12)19(28)22-10-15(18(26)27)23-17(25)16-13(20)8-5-9-14(16)21/h2-9,15H,10-11H2,1H3,(H,22,28)(H,23,25)(H,26,27). The number of halogens is 2. The average molecular weight is 424 g/mol. The highest BCUT2D eigenvalue weighted by atomic mass is 35.5. The molecule has 2 aromatic carbocycles. The van der Waals surface area contributed by atoms with E-state index >= 15 is 0 Å². The van der Waals surface area contributed by atoms with E-state index in [9.17, 15) is 19.5 Å². The van der Waals surface area contributed by atoms with Crippen LogP contribution in [0.1, 0.15) is 15.9 Å². The molecular formula is C19H19Cl2N3O4. The zero-order valence-corrected chi connectivity index (χ0v) is 16.5. The molecule has 148 valence electrons. The maximum absolute atomic E-state index is 12.4. The zero-order chi connectivity index (χ0) is 20.7. The number of benzene rings is 2. The average Bonchev–Trinajstić information content (AvgIpc) is 2.65. The summed E-state index contributed by atoms with van der Waals surface area (Å²) < 4.78 is 0. The van der Waals surface area contributed by atoms with Gasteiger partial charge in [-0.2, -0.15) is 0 Å². The first kappa shape index (κ1) is 21.5. The van der Waals surface area contributed by atoms with Gasteiger partial charge in [0.2, 0.25) is 0 Å². The number of carboxylic acid groups (broad SMARTS) is 1. The number of carbonyl (C=O) groups excluding carboxylic acids is 2. The van der Waals surface area contributed by atoms with Crippen molar-refractivity contribution in [2.24, 2.45) is 0 Å². The Labute approximate surface area is 172 Å². The fourth-order valence-electron chi connectivity index (χ4n) is 2.40. The number of aliphatic carboxylic acids is 1. The van der Waals surface area contributed by atoms with E-state index in [0.29, 0.717) is 6.54 Å². The van der Waals surface area contributed by atoms with Gasteiger partial charge in [0, 0.05) is 13.6 Å². The molecule has 9 heteroatoms. The van der Waals surface area contributed by atoms with Crippen molar-refractivity contribution in [1.82, 2.24) is 15.5 Å². The van der Waals surface area contributed by atoms with Crippen molar-refractivity contribution in [2.45, 2.75) is 12.6 Å². The number of nitrogens with one attached hydrogen (secondary N) is 2. The summed E-state index contributed by atoms with van der Waals surface area (Å²) in [7, 11) is 1.58. The first-order chi connectivity index (χ1) is 13.3. The molecule has 28 heavy (non-hydrogen) atoms. The number of hydrogen-bond acceptors (Lipinski definition) is 3. The Morgan fingerprint density at radius 3 is 2.21 bits per heavy atom. The van der Waals surface area contributed by atoms with Crippen LogP contribution < -0.4 is 10.6 Å². The van der Waals surface area contributed by atoms with Crippen LogP contribution in [-0.4, -0.2) is 47.5 Å². The van der Waals surface area contributed by atoms with E-state index in [1.165, 1.54) is 17.0 Å². The quantitative estimate of drug-likeness (QED) is 0.637. The number of nitrogens with zero attached hydrogens (tertiary/aromatic N) is 1. The van der Waals surface area contributed by atoms with Crippen molar-refractivity contribution in [2.75, 3.05) is 13.6 Å². The summed E-state index contributed by atoms with van der Waals surface area (Å²) >= 11 is 11.9. The molecule has 1 atom stereocenters. The number of hydrogen-bond donors (Lipinski definition) is 3. The van der Waals surface area contributed by atoms with Crippen molar-refractivity contribution < 1.29 is 19.5 Å². The molecule has 0 heterocycles. The summed E-state index contributed by atoms with van der Waals surface area (Å²) in [6, 6.07) is 12.0. The topological polar surface area (TPSA) is 98.7 Å². The molecule has 0 spiro atoms. The third kappa shape index (κ3) is 5.87. The van der Waals surface area contributed by atoms with E-state index < -0.39 is 23.9 Å². The Balaban J connectivity index is 1.96. The first-order valence-corrected chi connectivity index (χ1v) is 9.05. The van der Waals surface area contributed by atoms with Gasteiger partial charge in [0.05, 0.1) is 22.2 Å². The molecule has 0 radical (unpaired) electrons. The number of carbonyl (C=O) groups is 3. The summed E-state index contributed by atoms with van der Waals surface area (Å²) in [5.41, 5.74) is 0.904. The summed E-state index contributed by atoms with van der Waals surface area (Å²) in [6.07, 6.45) is 0. The van der Waals surface area contributed by atoms with Crippen LogP contribution in [0.4, 0.5) is 4.79 Å². The molecule has 0 aromatic heterocycles. The molecule has 7 nitrogen and oxygen atoms in total. The van der Waals surface area contributed by atoms with Crippen LogP contribution in [0, 0.1) is 0 Å². The molecule has 3 amide bonds. The van der Waals surface area contributed by atoms with Gasteiger partial charge in [0.25, 0.3) is 5.91 Å². The summed E-state index contributed by atoms with van der Waals surface area (Å²) in [5, 5.41) is 14.4. The van der Waals surface area contributed by atoms with Crippen LogP contribution >= 0.6 is 23.2 Å². The zero-order valence-electron chi connectivity index (χ0n) is 15.0. The minimum Gasteiger partial charge on any atom is -0.480 e. The lowest BCUT2D eigenvalue weighted by atomic mass is 10.2. The number of rotatable bonds is 7. The van der Waals surface area contributed by atoms with Crippen molar-refractivity contribution in [3.05, 3.63) is 69.7 Å². The van der Waals surface area contributed by atoms with E-state index in [0.717, 1.165) is 5.56 Å². The van der Waals surface area contributed by atoms with Crippen LogP contribution in [0.2, 0.25) is 10.0 Å². The van der Waals surface area contributed by atoms with Crippen molar-refractivity contribution in [1.29, 1.82) is 0 Å². The van der Waals surface area contributed by atoms with Crippen LogP contribution in [0.3, 0.4) is 0 Å². The first-order valence-electron chi connectivity index (χ1n) is 8.30. The number of carboxylic acids is 1. The Hall–Kier alpha value is -2.77. The maximum Gasteiger partial charge on any atom is 0.328 e. The van der Waals surface area contributed by atoms with Gasteiger partial charge in [-0.25, -0.2) is 9.59 Å². The Morgan fingerprint density at radius 1 is 1.04 bits per heavy atom. The summed E-state index contributed by atoms with van der Waals surface area (Å²) in [4.78, 5) is 37.4. The van der Waals surface area contributed by atoms with Gasteiger partial charge in [-0.1, -0.05) is 59.6 Å². The maximum atomic E-state index is 12.4. The fourth-order valence-corrected chi connectivity index (χ4v) is 2.97. The van der Waals surface area contributed by atoms with E-state index in [1.54, 1.807) is 13.1 Å². The minimum absolute atomic E-state index is 0.0235. The predicted molar refractivity (Wildman–Crippen MR) is 107 cm³/mol. The van der Waals surface area contributed by atoms with E-state index in [1.807, 2.05) is 30.3 Å². The lowest BCUT2D eigenvalue weighted by molar-refractivity contribution is -0.139. The van der Waals surface area contributed by atoms with E-state index in [2.05, 4.69) is 10.6 Å². The molecule has 1 unspecified atom stereocenters.